The van der Waals surface area contributed by atoms with E-state index >= 15 is 0 Å². The Kier molecular flexibility index (Phi) is 4.73. The van der Waals surface area contributed by atoms with E-state index in [-0.39, 0.29) is 5.91 Å². The highest BCUT2D eigenvalue weighted by Gasteiger charge is 2.34. The molecule has 0 aromatic carbocycles. The van der Waals surface area contributed by atoms with Gasteiger partial charge in [0.25, 0.3) is 0 Å². The largest absolute Gasteiger partial charge is 0.479 e. The molecule has 92 valence electrons. The molecule has 1 fully saturated rings. The maximum Gasteiger partial charge on any atom is 0.332 e. The van der Waals surface area contributed by atoms with Crippen molar-refractivity contribution in [2.75, 3.05) is 6.54 Å². The first kappa shape index (κ1) is 13.0. The van der Waals surface area contributed by atoms with Gasteiger partial charge in [0.15, 0.2) is 6.10 Å². The van der Waals surface area contributed by atoms with Crippen LogP contribution in [0.3, 0.4) is 0 Å². The maximum absolute atomic E-state index is 11.6. The molecule has 2 unspecified atom stereocenters. The average molecular weight is 229 g/mol. The summed E-state index contributed by atoms with van der Waals surface area (Å²) in [6.07, 6.45) is 0.414. The second-order valence-electron chi connectivity index (χ2n) is 4.50. The number of carbonyl (C=O) groups excluding carboxylic acids is 1. The molecule has 0 bridgehead atoms. The number of ether oxygens (including phenoxy) is 1. The first-order valence-electron chi connectivity index (χ1n) is 5.66. The van der Waals surface area contributed by atoms with Crippen molar-refractivity contribution in [3.05, 3.63) is 0 Å². The van der Waals surface area contributed by atoms with Crippen LogP contribution in [0, 0.1) is 5.92 Å². The zero-order valence-corrected chi connectivity index (χ0v) is 9.73. The van der Waals surface area contributed by atoms with Crippen LogP contribution >= 0.6 is 0 Å². The number of carboxylic acid groups (broad SMARTS) is 1. The van der Waals surface area contributed by atoms with E-state index in [2.05, 4.69) is 19.2 Å². The number of hydrogen-bond acceptors (Lipinski definition) is 3. The number of rotatable bonds is 5. The summed E-state index contributed by atoms with van der Waals surface area (Å²) in [5, 5.41) is 11.5. The predicted octanol–water partition coefficient (Wildman–Crippen LogP) is 0.781. The van der Waals surface area contributed by atoms with E-state index in [0.29, 0.717) is 25.3 Å². The van der Waals surface area contributed by atoms with Crippen LogP contribution in [0.2, 0.25) is 0 Å². The van der Waals surface area contributed by atoms with Crippen LogP contribution in [-0.4, -0.2) is 35.7 Å². The normalized spacial score (nSPS) is 24.7. The van der Waals surface area contributed by atoms with Gasteiger partial charge in [-0.25, -0.2) is 4.79 Å². The summed E-state index contributed by atoms with van der Waals surface area (Å²) in [5.41, 5.74) is 0. The number of aliphatic carboxylic acids is 1. The molecule has 16 heavy (non-hydrogen) atoms. The second kappa shape index (κ2) is 5.84. The van der Waals surface area contributed by atoms with Crippen LogP contribution in [0.4, 0.5) is 0 Å². The molecule has 5 nitrogen and oxygen atoms in total. The Balaban J connectivity index is 2.26. The fourth-order valence-electron chi connectivity index (χ4n) is 1.61. The second-order valence-corrected chi connectivity index (χ2v) is 4.50. The Morgan fingerprint density at radius 3 is 2.50 bits per heavy atom. The number of hydrogen-bond donors (Lipinski definition) is 2. The highest BCUT2D eigenvalue weighted by atomic mass is 16.5. The minimum Gasteiger partial charge on any atom is -0.479 e. The maximum atomic E-state index is 11.6. The van der Waals surface area contributed by atoms with Crippen LogP contribution < -0.4 is 5.32 Å². The molecular formula is C11H19NO4. The Morgan fingerprint density at radius 2 is 2.00 bits per heavy atom. The van der Waals surface area contributed by atoms with Crippen LogP contribution in [0.1, 0.15) is 33.1 Å². The van der Waals surface area contributed by atoms with Crippen molar-refractivity contribution in [2.45, 2.75) is 45.3 Å². The molecule has 1 aliphatic rings. The van der Waals surface area contributed by atoms with Crippen molar-refractivity contribution in [2.24, 2.45) is 5.92 Å². The van der Waals surface area contributed by atoms with Crippen LogP contribution in [0.5, 0.6) is 0 Å². The molecule has 1 rings (SSSR count). The molecule has 0 spiro atoms. The lowest BCUT2D eigenvalue weighted by atomic mass is 10.1. The Labute approximate surface area is 95.2 Å². The van der Waals surface area contributed by atoms with Crippen molar-refractivity contribution in [1.82, 2.24) is 5.32 Å². The van der Waals surface area contributed by atoms with Crippen molar-refractivity contribution >= 4 is 11.9 Å². The topological polar surface area (TPSA) is 75.6 Å². The van der Waals surface area contributed by atoms with Gasteiger partial charge in [0.05, 0.1) is 0 Å². The number of nitrogens with one attached hydrogen (secondary N) is 1. The summed E-state index contributed by atoms with van der Waals surface area (Å²) >= 11 is 0. The number of carbonyl (C=O) groups is 2. The third-order valence-corrected chi connectivity index (χ3v) is 2.61. The molecule has 0 aliphatic carbocycles. The number of carboxylic acids is 1. The summed E-state index contributed by atoms with van der Waals surface area (Å²) in [6.45, 7) is 4.78. The smallest absolute Gasteiger partial charge is 0.332 e. The van der Waals surface area contributed by atoms with E-state index in [1.807, 2.05) is 0 Å². The fourth-order valence-corrected chi connectivity index (χ4v) is 1.61. The lowest BCUT2D eigenvalue weighted by Crippen LogP contribution is -2.36. The minimum absolute atomic E-state index is 0.190. The summed E-state index contributed by atoms with van der Waals surface area (Å²) in [5.74, 6) is -0.640. The van der Waals surface area contributed by atoms with Gasteiger partial charge < -0.3 is 15.2 Å². The Bertz CT molecular complexity index is 265. The predicted molar refractivity (Wildman–Crippen MR) is 58.0 cm³/mol. The quantitative estimate of drug-likeness (QED) is 0.730. The van der Waals surface area contributed by atoms with Crippen molar-refractivity contribution in [1.29, 1.82) is 0 Å². The zero-order chi connectivity index (χ0) is 12.1. The first-order chi connectivity index (χ1) is 7.50. The molecule has 1 aliphatic heterocycles. The monoisotopic (exact) mass is 229 g/mol. The summed E-state index contributed by atoms with van der Waals surface area (Å²) < 4.78 is 5.13. The van der Waals surface area contributed by atoms with Gasteiger partial charge >= 0.3 is 5.97 Å². The van der Waals surface area contributed by atoms with Gasteiger partial charge in [-0.3, -0.25) is 4.79 Å². The van der Waals surface area contributed by atoms with E-state index in [1.165, 1.54) is 0 Å². The highest BCUT2D eigenvalue weighted by Crippen LogP contribution is 2.19. The van der Waals surface area contributed by atoms with E-state index in [9.17, 15) is 9.59 Å². The fraction of sp³-hybridized carbons (Fsp3) is 0.818. The molecule has 0 aromatic heterocycles. The summed E-state index contributed by atoms with van der Waals surface area (Å²) in [7, 11) is 0. The van der Waals surface area contributed by atoms with Crippen LogP contribution in [0.25, 0.3) is 0 Å². The molecule has 1 saturated heterocycles. The van der Waals surface area contributed by atoms with Crippen molar-refractivity contribution < 1.29 is 19.4 Å². The van der Waals surface area contributed by atoms with E-state index in [4.69, 9.17) is 9.84 Å². The molecule has 0 saturated carbocycles. The lowest BCUT2D eigenvalue weighted by Gasteiger charge is -2.12. The first-order valence-corrected chi connectivity index (χ1v) is 5.66. The molecule has 1 heterocycles. The Morgan fingerprint density at radius 1 is 1.38 bits per heavy atom. The molecule has 2 atom stereocenters. The average Bonchev–Trinajstić information content (AvgIpc) is 2.65. The van der Waals surface area contributed by atoms with Crippen LogP contribution in [-0.2, 0) is 14.3 Å². The van der Waals surface area contributed by atoms with Gasteiger partial charge in [-0.05, 0) is 25.2 Å². The van der Waals surface area contributed by atoms with E-state index < -0.39 is 18.2 Å². The molecule has 2 N–H and O–H groups in total. The lowest BCUT2D eigenvalue weighted by molar-refractivity contribution is -0.151. The van der Waals surface area contributed by atoms with Gasteiger partial charge in [0.1, 0.15) is 6.10 Å². The van der Waals surface area contributed by atoms with E-state index in [0.717, 1.165) is 6.42 Å². The van der Waals surface area contributed by atoms with Crippen molar-refractivity contribution in [3.63, 3.8) is 0 Å². The summed E-state index contributed by atoms with van der Waals surface area (Å²) in [4.78, 5) is 22.2. The molecule has 5 heteroatoms. The third kappa shape index (κ3) is 3.81. The van der Waals surface area contributed by atoms with Gasteiger partial charge in [-0.1, -0.05) is 13.8 Å². The number of amides is 1. The highest BCUT2D eigenvalue weighted by molar-refractivity contribution is 5.82. The van der Waals surface area contributed by atoms with Crippen LogP contribution in [0.15, 0.2) is 0 Å². The van der Waals surface area contributed by atoms with Crippen molar-refractivity contribution in [3.8, 4) is 0 Å². The Hall–Kier alpha value is -1.10. The van der Waals surface area contributed by atoms with Gasteiger partial charge in [0, 0.05) is 6.54 Å². The van der Waals surface area contributed by atoms with Gasteiger partial charge in [-0.15, -0.1) is 0 Å². The molecule has 0 radical (unpaired) electrons. The SMILES string of the molecule is CC(C)CCNC(=O)C1CCC(C(=O)O)O1. The van der Waals surface area contributed by atoms with Gasteiger partial charge in [0.2, 0.25) is 5.91 Å². The molecule has 1 amide bonds. The standard InChI is InChI=1S/C11H19NO4/c1-7(2)5-6-12-10(13)8-3-4-9(16-8)11(14)15/h7-9H,3-6H2,1-2H3,(H,12,13)(H,14,15). The van der Waals surface area contributed by atoms with Gasteiger partial charge in [-0.2, -0.15) is 0 Å². The van der Waals surface area contributed by atoms with E-state index in [1.54, 1.807) is 0 Å². The zero-order valence-electron chi connectivity index (χ0n) is 9.73. The molecular weight excluding hydrogens is 210 g/mol. The third-order valence-electron chi connectivity index (χ3n) is 2.61. The molecule has 0 aromatic rings. The minimum atomic E-state index is -0.988. The summed E-state index contributed by atoms with van der Waals surface area (Å²) in [6, 6.07) is 0.